The normalized spacial score (nSPS) is 26.7. The minimum atomic E-state index is -5.58. The topological polar surface area (TPSA) is 0 Å². The quantitative estimate of drug-likeness (QED) is 0.637. The first-order valence-corrected chi connectivity index (χ1v) is 4.68. The van der Waals surface area contributed by atoms with E-state index in [0.717, 1.165) is 0 Å². The van der Waals surface area contributed by atoms with Crippen molar-refractivity contribution in [3.63, 3.8) is 0 Å². The molecule has 0 aromatic heterocycles. The van der Waals surface area contributed by atoms with Crippen molar-refractivity contribution in [2.75, 3.05) is 0 Å². The number of hydrogen-bond acceptors (Lipinski definition) is 0. The Hall–Kier alpha value is -0.320. The smallest absolute Gasteiger partial charge is 0.191 e. The van der Waals surface area contributed by atoms with Crippen LogP contribution in [0.5, 0.6) is 0 Å². The zero-order valence-electron chi connectivity index (χ0n) is 8.13. The Bertz CT molecular complexity index is 289. The van der Waals surface area contributed by atoms with E-state index < -0.39 is 17.1 Å². The van der Waals surface area contributed by atoms with Gasteiger partial charge >= 0.3 is 12.1 Å². The van der Waals surface area contributed by atoms with Crippen LogP contribution in [-0.4, -0.2) is 12.1 Å². The molecule has 88 valence electrons. The Morgan fingerprint density at radius 1 is 1.27 bits per heavy atom. The lowest BCUT2D eigenvalue weighted by Crippen LogP contribution is -2.34. The van der Waals surface area contributed by atoms with Crippen LogP contribution in [0.2, 0.25) is 0 Å². The lowest BCUT2D eigenvalue weighted by atomic mass is 10.1. The summed E-state index contributed by atoms with van der Waals surface area (Å²) < 4.78 is 60.5. The molecule has 1 saturated carbocycles. The molecule has 1 fully saturated rings. The van der Waals surface area contributed by atoms with E-state index in [-0.39, 0.29) is 17.4 Å². The van der Waals surface area contributed by atoms with E-state index in [0.29, 0.717) is 6.42 Å². The van der Waals surface area contributed by atoms with Gasteiger partial charge in [0.05, 0.1) is 0 Å². The zero-order valence-corrected chi connectivity index (χ0v) is 8.89. The second-order valence-electron chi connectivity index (χ2n) is 4.40. The zero-order chi connectivity index (χ0) is 12.1. The van der Waals surface area contributed by atoms with Gasteiger partial charge in [-0.05, 0) is 11.8 Å². The monoisotopic (exact) mass is 248 g/mol. The molecule has 0 aromatic rings. The predicted octanol–water partition coefficient (Wildman–Crippen LogP) is 4.35. The van der Waals surface area contributed by atoms with Gasteiger partial charge in [0.1, 0.15) is 0 Å². The third-order valence-corrected chi connectivity index (χ3v) is 2.92. The summed E-state index contributed by atoms with van der Waals surface area (Å²) in [5.74, 6) is -5.23. The molecule has 6 heteroatoms. The van der Waals surface area contributed by atoms with Crippen LogP contribution in [0.3, 0.4) is 0 Å². The summed E-state index contributed by atoms with van der Waals surface area (Å²) >= 11 is 5.43. The van der Waals surface area contributed by atoms with Gasteiger partial charge in [-0.1, -0.05) is 25.4 Å². The van der Waals surface area contributed by atoms with Crippen LogP contribution < -0.4 is 0 Å². The first kappa shape index (κ1) is 12.7. The van der Waals surface area contributed by atoms with Crippen LogP contribution in [0.4, 0.5) is 22.0 Å². The molecule has 15 heavy (non-hydrogen) atoms. The van der Waals surface area contributed by atoms with Crippen molar-refractivity contribution in [1.82, 2.24) is 0 Å². The number of rotatable bonds is 2. The molecule has 0 N–H and O–H groups in total. The van der Waals surface area contributed by atoms with E-state index in [9.17, 15) is 22.0 Å². The molecule has 0 amide bonds. The van der Waals surface area contributed by atoms with Crippen molar-refractivity contribution in [2.24, 2.45) is 11.3 Å². The number of allylic oxidation sites excluding steroid dienone is 2. The molecule has 0 saturated heterocycles. The van der Waals surface area contributed by atoms with Crippen molar-refractivity contribution < 1.29 is 22.0 Å². The van der Waals surface area contributed by atoms with Gasteiger partial charge in [-0.3, -0.25) is 0 Å². The van der Waals surface area contributed by atoms with Gasteiger partial charge in [0.15, 0.2) is 0 Å². The highest BCUT2D eigenvalue weighted by Gasteiger charge is 2.57. The predicted molar refractivity (Wildman–Crippen MR) is 46.8 cm³/mol. The van der Waals surface area contributed by atoms with Gasteiger partial charge in [0.25, 0.3) is 0 Å². The molecule has 1 aliphatic rings. The number of alkyl halides is 5. The number of halogens is 6. The third-order valence-electron chi connectivity index (χ3n) is 2.54. The maximum atomic E-state index is 12.5. The third kappa shape index (κ3) is 2.62. The Balaban J connectivity index is 2.80. The lowest BCUT2D eigenvalue weighted by Gasteiger charge is -2.16. The van der Waals surface area contributed by atoms with E-state index in [2.05, 4.69) is 0 Å². The Morgan fingerprint density at radius 3 is 1.93 bits per heavy atom. The van der Waals surface area contributed by atoms with Crippen molar-refractivity contribution in [1.29, 1.82) is 0 Å². The maximum absolute atomic E-state index is 12.5. The largest absolute Gasteiger partial charge is 0.457 e. The molecule has 0 aliphatic heterocycles. The Labute approximate surface area is 89.1 Å². The second kappa shape index (κ2) is 3.34. The molecule has 0 heterocycles. The second-order valence-corrected chi connectivity index (χ2v) is 4.83. The molecule has 0 nitrogen and oxygen atoms in total. The van der Waals surface area contributed by atoms with E-state index in [1.54, 1.807) is 13.8 Å². The van der Waals surface area contributed by atoms with E-state index in [1.807, 2.05) is 0 Å². The average molecular weight is 249 g/mol. The fourth-order valence-corrected chi connectivity index (χ4v) is 1.80. The molecular formula is C9H10ClF5. The molecule has 0 radical (unpaired) electrons. The molecule has 1 unspecified atom stereocenters. The van der Waals surface area contributed by atoms with Crippen molar-refractivity contribution >= 4 is 11.6 Å². The highest BCUT2D eigenvalue weighted by Crippen LogP contribution is 2.57. The van der Waals surface area contributed by atoms with Gasteiger partial charge in [-0.25, -0.2) is 0 Å². The summed E-state index contributed by atoms with van der Waals surface area (Å²) in [4.78, 5) is 0. The molecule has 0 spiro atoms. The van der Waals surface area contributed by atoms with Crippen LogP contribution in [0, 0.1) is 11.3 Å². The van der Waals surface area contributed by atoms with Gasteiger partial charge in [0.2, 0.25) is 0 Å². The van der Waals surface area contributed by atoms with Crippen LogP contribution in [0.25, 0.3) is 0 Å². The van der Waals surface area contributed by atoms with E-state index >= 15 is 0 Å². The van der Waals surface area contributed by atoms with E-state index in [4.69, 9.17) is 11.6 Å². The first-order chi connectivity index (χ1) is 6.47. The molecule has 0 aromatic carbocycles. The maximum Gasteiger partial charge on any atom is 0.457 e. The molecule has 1 rings (SSSR count). The Morgan fingerprint density at radius 2 is 1.67 bits per heavy atom. The van der Waals surface area contributed by atoms with Crippen molar-refractivity contribution in [3.8, 4) is 0 Å². The van der Waals surface area contributed by atoms with Crippen LogP contribution >= 0.6 is 11.6 Å². The highest BCUT2D eigenvalue weighted by molar-refractivity contribution is 6.30. The van der Waals surface area contributed by atoms with Crippen molar-refractivity contribution in [2.45, 2.75) is 32.4 Å². The highest BCUT2D eigenvalue weighted by atomic mass is 35.5. The van der Waals surface area contributed by atoms with Gasteiger partial charge in [0, 0.05) is 17.0 Å². The van der Waals surface area contributed by atoms with Crippen molar-refractivity contribution in [3.05, 3.63) is 11.1 Å². The van der Waals surface area contributed by atoms with Crippen LogP contribution in [0.15, 0.2) is 11.1 Å². The van der Waals surface area contributed by atoms with Gasteiger partial charge < -0.3 is 0 Å². The van der Waals surface area contributed by atoms with Crippen LogP contribution in [-0.2, 0) is 0 Å². The molecule has 1 aliphatic carbocycles. The standard InChI is InChI=1S/C9H10ClF5/c1-7(2)3-5(7)6(10)4-8(11,12)9(13,14)15/h4-5H,3H2,1-2H3/b6-4-. The minimum absolute atomic E-state index is 0.187. The molecule has 1 atom stereocenters. The fourth-order valence-electron chi connectivity index (χ4n) is 1.29. The molecule has 0 bridgehead atoms. The fraction of sp³-hybridized carbons (Fsp3) is 0.778. The van der Waals surface area contributed by atoms with Crippen LogP contribution in [0.1, 0.15) is 20.3 Å². The molecular weight excluding hydrogens is 239 g/mol. The summed E-state index contributed by atoms with van der Waals surface area (Å²) in [5, 5.41) is -0.401. The lowest BCUT2D eigenvalue weighted by molar-refractivity contribution is -0.259. The first-order valence-electron chi connectivity index (χ1n) is 4.30. The summed E-state index contributed by atoms with van der Waals surface area (Å²) in [5.41, 5.74) is -0.269. The van der Waals surface area contributed by atoms with Gasteiger partial charge in [-0.2, -0.15) is 22.0 Å². The average Bonchev–Trinajstić information content (AvgIpc) is 2.56. The summed E-state index contributed by atoms with van der Waals surface area (Å²) in [6.45, 7) is 3.53. The summed E-state index contributed by atoms with van der Waals surface area (Å²) in [6, 6.07) is 0. The number of hydrogen-bond donors (Lipinski definition) is 0. The van der Waals surface area contributed by atoms with E-state index in [1.165, 1.54) is 0 Å². The minimum Gasteiger partial charge on any atom is -0.191 e. The Kier molecular flexibility index (Phi) is 2.83. The summed E-state index contributed by atoms with van der Waals surface area (Å²) in [7, 11) is 0. The summed E-state index contributed by atoms with van der Waals surface area (Å²) in [6.07, 6.45) is -5.23. The SMILES string of the molecule is CC1(C)CC1/C(Cl)=C/C(F)(F)C(F)(F)F. The van der Waals surface area contributed by atoms with Gasteiger partial charge in [-0.15, -0.1) is 0 Å².